The SMILES string of the molecule is CSC(=NC(=O)c1cn(C2OC(COC(C)=O)C(OC(C)=O)C2OC(C)=O)c2ccccc12)SC. The van der Waals surface area contributed by atoms with Gasteiger partial charge in [-0.3, -0.25) is 19.2 Å². The predicted octanol–water partition coefficient (Wildman–Crippen LogP) is 3.19. The minimum absolute atomic E-state index is 0.221. The standard InChI is InChI=1S/C23H26N2O8S2/c1-12(26)30-11-18-19(31-13(2)27)20(32-14(3)28)22(33-18)25-10-16(15-8-6-7-9-17(15)25)21(29)24-23(34-4)35-5/h6-10,18-20,22H,11H2,1-5H3. The van der Waals surface area contributed by atoms with Crippen LogP contribution in [0.2, 0.25) is 0 Å². The average Bonchev–Trinajstić information content (AvgIpc) is 3.34. The fourth-order valence-corrected chi connectivity index (χ4v) is 4.84. The molecule has 3 rings (SSSR count). The Hall–Kier alpha value is -2.83. The van der Waals surface area contributed by atoms with Crippen LogP contribution in [0.5, 0.6) is 0 Å². The second-order valence-electron chi connectivity index (χ2n) is 7.57. The van der Waals surface area contributed by atoms with Gasteiger partial charge in [-0.25, -0.2) is 0 Å². The van der Waals surface area contributed by atoms with Crippen molar-refractivity contribution in [1.82, 2.24) is 4.57 Å². The molecule has 0 aliphatic carbocycles. The number of hydrogen-bond donors (Lipinski definition) is 0. The zero-order chi connectivity index (χ0) is 25.7. The van der Waals surface area contributed by atoms with E-state index in [2.05, 4.69) is 4.99 Å². The van der Waals surface area contributed by atoms with Gasteiger partial charge in [0.05, 0.1) is 11.1 Å². The number of nitrogens with zero attached hydrogens (tertiary/aromatic N) is 2. The van der Waals surface area contributed by atoms with Gasteiger partial charge in [0.2, 0.25) is 0 Å². The highest BCUT2D eigenvalue weighted by molar-refractivity contribution is 8.38. The van der Waals surface area contributed by atoms with Crippen molar-refractivity contribution in [2.45, 2.75) is 45.3 Å². The molecule has 1 saturated heterocycles. The van der Waals surface area contributed by atoms with Crippen molar-refractivity contribution in [1.29, 1.82) is 0 Å². The number of amides is 1. The van der Waals surface area contributed by atoms with Gasteiger partial charge in [0.25, 0.3) is 5.91 Å². The molecule has 1 fully saturated rings. The Morgan fingerprint density at radius 3 is 2.20 bits per heavy atom. The van der Waals surface area contributed by atoms with Gasteiger partial charge in [-0.05, 0) is 18.6 Å². The number of carbonyl (C=O) groups excluding carboxylic acids is 4. The van der Waals surface area contributed by atoms with Crippen molar-refractivity contribution in [2.75, 3.05) is 19.1 Å². The van der Waals surface area contributed by atoms with Gasteiger partial charge < -0.3 is 23.5 Å². The van der Waals surface area contributed by atoms with Gasteiger partial charge in [0.15, 0.2) is 18.4 Å². The molecule has 10 nitrogen and oxygen atoms in total. The number of aliphatic imine (C=N–C) groups is 1. The van der Waals surface area contributed by atoms with Gasteiger partial charge in [-0.15, -0.1) is 23.5 Å². The van der Waals surface area contributed by atoms with E-state index in [1.54, 1.807) is 35.0 Å². The van der Waals surface area contributed by atoms with Crippen molar-refractivity contribution in [3.63, 3.8) is 0 Å². The molecule has 1 aromatic heterocycles. The summed E-state index contributed by atoms with van der Waals surface area (Å²) in [5.41, 5.74) is 0.955. The Morgan fingerprint density at radius 1 is 0.971 bits per heavy atom. The molecule has 35 heavy (non-hydrogen) atoms. The van der Waals surface area contributed by atoms with Crippen molar-refractivity contribution >= 4 is 62.6 Å². The normalized spacial score (nSPS) is 21.4. The molecule has 0 radical (unpaired) electrons. The molecule has 2 heterocycles. The van der Waals surface area contributed by atoms with Gasteiger partial charge in [0.1, 0.15) is 17.1 Å². The molecular weight excluding hydrogens is 496 g/mol. The predicted molar refractivity (Wildman–Crippen MR) is 132 cm³/mol. The number of thioether (sulfide) groups is 2. The summed E-state index contributed by atoms with van der Waals surface area (Å²) in [6, 6.07) is 7.15. The van der Waals surface area contributed by atoms with E-state index in [1.165, 1.54) is 44.3 Å². The number of aromatic nitrogens is 1. The zero-order valence-corrected chi connectivity index (χ0v) is 21.5. The fourth-order valence-electron chi connectivity index (χ4n) is 3.82. The molecule has 1 amide bonds. The molecule has 0 bridgehead atoms. The molecule has 1 aliphatic heterocycles. The maximum Gasteiger partial charge on any atom is 0.303 e. The lowest BCUT2D eigenvalue weighted by molar-refractivity contribution is -0.166. The minimum atomic E-state index is -1.06. The van der Waals surface area contributed by atoms with E-state index >= 15 is 0 Å². The maximum absolute atomic E-state index is 13.0. The van der Waals surface area contributed by atoms with Crippen molar-refractivity contribution < 1.29 is 38.1 Å². The number of fused-ring (bicyclic) bond motifs is 1. The van der Waals surface area contributed by atoms with Gasteiger partial charge >= 0.3 is 17.9 Å². The van der Waals surface area contributed by atoms with E-state index in [0.717, 1.165) is 0 Å². The fraction of sp³-hybridized carbons (Fsp3) is 0.435. The van der Waals surface area contributed by atoms with Crippen LogP contribution in [-0.4, -0.2) is 70.2 Å². The van der Waals surface area contributed by atoms with E-state index < -0.39 is 48.4 Å². The highest BCUT2D eigenvalue weighted by Gasteiger charge is 2.51. The van der Waals surface area contributed by atoms with Crippen LogP contribution in [0.3, 0.4) is 0 Å². The summed E-state index contributed by atoms with van der Waals surface area (Å²) in [7, 11) is 0. The summed E-state index contributed by atoms with van der Waals surface area (Å²) < 4.78 is 24.4. The molecule has 1 aliphatic rings. The summed E-state index contributed by atoms with van der Waals surface area (Å²) in [5.74, 6) is -2.21. The second-order valence-corrected chi connectivity index (χ2v) is 9.42. The molecule has 188 valence electrons. The van der Waals surface area contributed by atoms with Crippen LogP contribution in [0.1, 0.15) is 37.4 Å². The Kier molecular flexibility index (Phi) is 8.98. The summed E-state index contributed by atoms with van der Waals surface area (Å²) in [5, 5.41) is 0.625. The van der Waals surface area contributed by atoms with Crippen LogP contribution >= 0.6 is 23.5 Å². The van der Waals surface area contributed by atoms with E-state index in [0.29, 0.717) is 20.8 Å². The number of para-hydroxylation sites is 1. The lowest BCUT2D eigenvalue weighted by Gasteiger charge is -2.24. The summed E-state index contributed by atoms with van der Waals surface area (Å²) in [4.78, 5) is 52.4. The lowest BCUT2D eigenvalue weighted by atomic mass is 10.1. The molecule has 0 saturated carbocycles. The molecule has 4 unspecified atom stereocenters. The molecule has 0 N–H and O–H groups in total. The van der Waals surface area contributed by atoms with E-state index in [4.69, 9.17) is 18.9 Å². The molecule has 0 spiro atoms. The Balaban J connectivity index is 2.10. The molecule has 12 heteroatoms. The van der Waals surface area contributed by atoms with E-state index in [9.17, 15) is 19.2 Å². The first-order valence-electron chi connectivity index (χ1n) is 10.6. The highest BCUT2D eigenvalue weighted by atomic mass is 32.2. The third-order valence-corrected chi connectivity index (χ3v) is 7.01. The second kappa shape index (κ2) is 11.7. The van der Waals surface area contributed by atoms with Crippen LogP contribution in [0, 0.1) is 0 Å². The largest absolute Gasteiger partial charge is 0.463 e. The van der Waals surface area contributed by atoms with Gasteiger partial charge in [0, 0.05) is 32.4 Å². The number of hydrogen-bond acceptors (Lipinski definition) is 10. The molecular formula is C23H26N2O8S2. The van der Waals surface area contributed by atoms with Crippen molar-refractivity contribution in [2.24, 2.45) is 4.99 Å². The number of carbonyl (C=O) groups is 4. The number of rotatable bonds is 6. The van der Waals surface area contributed by atoms with E-state index in [1.807, 2.05) is 12.5 Å². The number of ether oxygens (including phenoxy) is 4. The first-order valence-corrected chi connectivity index (χ1v) is 13.0. The minimum Gasteiger partial charge on any atom is -0.463 e. The highest BCUT2D eigenvalue weighted by Crippen LogP contribution is 2.38. The van der Waals surface area contributed by atoms with Crippen LogP contribution < -0.4 is 0 Å². The van der Waals surface area contributed by atoms with Gasteiger partial charge in [-0.2, -0.15) is 4.99 Å². The smallest absolute Gasteiger partial charge is 0.303 e. The summed E-state index contributed by atoms with van der Waals surface area (Å²) in [6.07, 6.45) is 1.26. The van der Waals surface area contributed by atoms with Crippen LogP contribution in [0.4, 0.5) is 0 Å². The summed E-state index contributed by atoms with van der Waals surface area (Å²) >= 11 is 2.73. The molecule has 2 aromatic rings. The monoisotopic (exact) mass is 522 g/mol. The first kappa shape index (κ1) is 26.8. The zero-order valence-electron chi connectivity index (χ0n) is 19.9. The quantitative estimate of drug-likeness (QED) is 0.242. The van der Waals surface area contributed by atoms with Crippen molar-refractivity contribution in [3.8, 4) is 0 Å². The van der Waals surface area contributed by atoms with E-state index in [-0.39, 0.29) is 6.61 Å². The summed E-state index contributed by atoms with van der Waals surface area (Å²) in [6.45, 7) is 3.47. The molecule has 4 atom stereocenters. The first-order chi connectivity index (χ1) is 16.7. The number of benzene rings is 1. The van der Waals surface area contributed by atoms with Crippen LogP contribution in [0.25, 0.3) is 10.9 Å². The maximum atomic E-state index is 13.0. The molecule has 1 aromatic carbocycles. The Morgan fingerprint density at radius 2 is 1.60 bits per heavy atom. The van der Waals surface area contributed by atoms with Crippen molar-refractivity contribution in [3.05, 3.63) is 36.0 Å². The van der Waals surface area contributed by atoms with Crippen LogP contribution in [-0.2, 0) is 33.3 Å². The Bertz CT molecular complexity index is 1160. The third kappa shape index (κ3) is 6.24. The topological polar surface area (TPSA) is 122 Å². The average molecular weight is 523 g/mol. The Labute approximate surface area is 210 Å². The van der Waals surface area contributed by atoms with Gasteiger partial charge in [-0.1, -0.05) is 18.2 Å². The lowest BCUT2D eigenvalue weighted by Crippen LogP contribution is -2.40. The number of esters is 3. The third-order valence-electron chi connectivity index (χ3n) is 5.13. The van der Waals surface area contributed by atoms with Crippen LogP contribution in [0.15, 0.2) is 35.5 Å².